The van der Waals surface area contributed by atoms with Crippen LogP contribution in [0.1, 0.15) is 322 Å². The SMILES string of the molecule is CC/C=C\C/C=C\C/C=C\C/C=C\C/C=C\C/C=C\C/C=C\C/C=C\CCCCCCCCCCCCCCCCC(=O)OC(COC(=O)CCCCCCCCCCCCCCCC/C=C\C/C=C\C/C=C\CCCCCCC)COP(=O)(O)OCCN. The minimum Gasteiger partial charge on any atom is -0.462 e. The summed E-state index contributed by atoms with van der Waals surface area (Å²) in [6.45, 7) is 3.64. The van der Waals surface area contributed by atoms with Crippen LogP contribution in [0.5, 0.6) is 0 Å². The van der Waals surface area contributed by atoms with Gasteiger partial charge < -0.3 is 20.1 Å². The van der Waals surface area contributed by atoms with Crippen LogP contribution >= 0.6 is 7.82 Å². The summed E-state index contributed by atoms with van der Waals surface area (Å²) in [7, 11) is -4.40. The Morgan fingerprint density at radius 1 is 0.348 bits per heavy atom. The molecule has 3 N–H and O–H groups in total. The first-order valence-corrected chi connectivity index (χ1v) is 38.2. The molecule has 0 aliphatic heterocycles. The summed E-state index contributed by atoms with van der Waals surface area (Å²) < 4.78 is 33.2. The molecule has 89 heavy (non-hydrogen) atoms. The molecule has 0 aromatic rings. The lowest BCUT2D eigenvalue weighted by atomic mass is 10.0. The van der Waals surface area contributed by atoms with Crippen LogP contribution in [0.3, 0.4) is 0 Å². The molecule has 0 spiro atoms. The topological polar surface area (TPSA) is 134 Å². The first-order chi connectivity index (χ1) is 43.8. The lowest BCUT2D eigenvalue weighted by Crippen LogP contribution is -2.29. The van der Waals surface area contributed by atoms with Crippen molar-refractivity contribution in [3.05, 3.63) is 134 Å². The van der Waals surface area contributed by atoms with Gasteiger partial charge in [-0.1, -0.05) is 327 Å². The fourth-order valence-corrected chi connectivity index (χ4v) is 10.9. The van der Waals surface area contributed by atoms with E-state index in [-0.39, 0.29) is 38.6 Å². The maximum absolute atomic E-state index is 12.8. The van der Waals surface area contributed by atoms with Crippen LogP contribution in [-0.2, 0) is 32.7 Å². The van der Waals surface area contributed by atoms with Gasteiger partial charge in [0.05, 0.1) is 13.2 Å². The number of esters is 2. The Labute approximate surface area is 548 Å². The summed E-state index contributed by atoms with van der Waals surface area (Å²) in [5, 5.41) is 0. The second-order valence-electron chi connectivity index (χ2n) is 24.1. The quantitative estimate of drug-likeness (QED) is 0.0264. The molecule has 0 heterocycles. The molecule has 0 saturated carbocycles. The summed E-state index contributed by atoms with van der Waals surface area (Å²) in [6.07, 6.45) is 104. The van der Waals surface area contributed by atoms with Crippen molar-refractivity contribution in [2.75, 3.05) is 26.4 Å². The van der Waals surface area contributed by atoms with E-state index in [1.165, 1.54) is 186 Å². The third kappa shape index (κ3) is 73.1. The van der Waals surface area contributed by atoms with E-state index in [0.717, 1.165) is 103 Å². The number of rotatable bonds is 68. The number of carbonyl (C=O) groups is 2. The molecule has 0 aromatic carbocycles. The molecule has 510 valence electrons. The van der Waals surface area contributed by atoms with Crippen molar-refractivity contribution in [3.63, 3.8) is 0 Å². The van der Waals surface area contributed by atoms with Crippen molar-refractivity contribution in [1.29, 1.82) is 0 Å². The van der Waals surface area contributed by atoms with Gasteiger partial charge in [-0.3, -0.25) is 18.6 Å². The van der Waals surface area contributed by atoms with Crippen LogP contribution in [-0.4, -0.2) is 49.3 Å². The van der Waals surface area contributed by atoms with Crippen LogP contribution in [0.15, 0.2) is 134 Å². The van der Waals surface area contributed by atoms with Crippen molar-refractivity contribution in [2.45, 2.75) is 328 Å². The molecular formula is C79H136NO8P. The van der Waals surface area contributed by atoms with Crippen molar-refractivity contribution < 1.29 is 37.6 Å². The average Bonchev–Trinajstić information content (AvgIpc) is 3.68. The number of phosphoric ester groups is 1. The molecule has 2 unspecified atom stereocenters. The monoisotopic (exact) mass is 1260 g/mol. The van der Waals surface area contributed by atoms with Gasteiger partial charge in [0.1, 0.15) is 6.61 Å². The molecule has 0 bridgehead atoms. The van der Waals surface area contributed by atoms with Gasteiger partial charge in [0.15, 0.2) is 6.10 Å². The highest BCUT2D eigenvalue weighted by atomic mass is 31.2. The zero-order valence-corrected chi connectivity index (χ0v) is 58.3. The Morgan fingerprint density at radius 2 is 0.618 bits per heavy atom. The van der Waals surface area contributed by atoms with E-state index in [0.29, 0.717) is 6.42 Å². The largest absolute Gasteiger partial charge is 0.472 e. The van der Waals surface area contributed by atoms with E-state index in [2.05, 4.69) is 148 Å². The molecule has 0 aromatic heterocycles. The molecule has 0 fully saturated rings. The number of ether oxygens (including phenoxy) is 2. The first kappa shape index (κ1) is 85.2. The van der Waals surface area contributed by atoms with E-state index >= 15 is 0 Å². The van der Waals surface area contributed by atoms with Crippen molar-refractivity contribution in [3.8, 4) is 0 Å². The standard InChI is InChI=1S/C79H136NO8P/c1-3-5-7-9-11-13-15-17-19-21-23-25-27-29-31-33-34-35-36-37-38-39-40-41-42-44-46-48-50-52-54-56-58-60-62-64-66-68-70-72-79(82)88-77(76-87-89(83,84)86-74-73-80)75-85-78(81)71-69-67-65-63-61-59-57-55-53-51-49-47-45-43-32-30-28-26-24-22-20-18-16-14-12-10-8-6-4-2/h5,7,11,13,16-19,22-25,28-31,34-35,37-38,40-41,77H,3-4,6,8-10,12,14-15,20-21,26-27,32-33,36,39,42-76,80H2,1-2H3,(H,83,84)/b7-5-,13-11-,18-16-,19-17-,24-22-,25-23-,30-28-,31-29-,35-34-,38-37-,41-40-. The van der Waals surface area contributed by atoms with Crippen LogP contribution in [0.25, 0.3) is 0 Å². The highest BCUT2D eigenvalue weighted by Gasteiger charge is 2.26. The Kier molecular flexibility index (Phi) is 70.0. The third-order valence-electron chi connectivity index (χ3n) is 15.5. The predicted molar refractivity (Wildman–Crippen MR) is 385 cm³/mol. The lowest BCUT2D eigenvalue weighted by Gasteiger charge is -2.19. The number of phosphoric acid groups is 1. The molecule has 0 aliphatic rings. The molecule has 0 radical (unpaired) electrons. The van der Waals surface area contributed by atoms with Crippen molar-refractivity contribution >= 4 is 19.8 Å². The van der Waals surface area contributed by atoms with Crippen LogP contribution < -0.4 is 5.73 Å². The molecular weight excluding hydrogens is 1120 g/mol. The summed E-state index contributed by atoms with van der Waals surface area (Å²) in [5.41, 5.74) is 5.41. The maximum atomic E-state index is 12.8. The fraction of sp³-hybridized carbons (Fsp3) is 0.696. The van der Waals surface area contributed by atoms with E-state index in [1.807, 2.05) is 0 Å². The molecule has 0 amide bonds. The van der Waals surface area contributed by atoms with E-state index < -0.39 is 26.5 Å². The molecule has 2 atom stereocenters. The van der Waals surface area contributed by atoms with Gasteiger partial charge in [0.2, 0.25) is 0 Å². The number of hydrogen-bond acceptors (Lipinski definition) is 8. The Bertz CT molecular complexity index is 1920. The first-order valence-electron chi connectivity index (χ1n) is 36.7. The van der Waals surface area contributed by atoms with Crippen LogP contribution in [0.4, 0.5) is 0 Å². The Balaban J connectivity index is 3.89. The minimum atomic E-state index is -4.40. The van der Waals surface area contributed by atoms with Gasteiger partial charge >= 0.3 is 19.8 Å². The summed E-state index contributed by atoms with van der Waals surface area (Å²) in [4.78, 5) is 35.4. The Hall–Kier alpha value is -3.85. The van der Waals surface area contributed by atoms with Gasteiger partial charge in [0, 0.05) is 19.4 Å². The van der Waals surface area contributed by atoms with E-state index in [9.17, 15) is 19.0 Å². The predicted octanol–water partition coefficient (Wildman–Crippen LogP) is 24.4. The normalized spacial score (nSPS) is 13.7. The highest BCUT2D eigenvalue weighted by Crippen LogP contribution is 2.43. The number of allylic oxidation sites excluding steroid dienone is 22. The highest BCUT2D eigenvalue weighted by molar-refractivity contribution is 7.47. The lowest BCUT2D eigenvalue weighted by molar-refractivity contribution is -0.161. The maximum Gasteiger partial charge on any atom is 0.472 e. The van der Waals surface area contributed by atoms with Gasteiger partial charge in [-0.15, -0.1) is 0 Å². The molecule has 0 saturated heterocycles. The number of unbranched alkanes of at least 4 members (excludes halogenated alkanes) is 33. The zero-order valence-electron chi connectivity index (χ0n) is 57.4. The second-order valence-corrected chi connectivity index (χ2v) is 25.5. The summed E-state index contributed by atoms with van der Waals surface area (Å²) in [6, 6.07) is 0. The van der Waals surface area contributed by atoms with Crippen LogP contribution in [0, 0.1) is 0 Å². The number of nitrogens with two attached hydrogens (primary N) is 1. The van der Waals surface area contributed by atoms with Gasteiger partial charge in [-0.2, -0.15) is 0 Å². The number of hydrogen-bond donors (Lipinski definition) is 2. The van der Waals surface area contributed by atoms with Gasteiger partial charge in [0.25, 0.3) is 0 Å². The van der Waals surface area contributed by atoms with E-state index in [1.54, 1.807) is 0 Å². The molecule has 9 nitrogen and oxygen atoms in total. The fourth-order valence-electron chi connectivity index (χ4n) is 10.1. The summed E-state index contributed by atoms with van der Waals surface area (Å²) in [5.74, 6) is -0.825. The smallest absolute Gasteiger partial charge is 0.462 e. The molecule has 0 aliphatic carbocycles. The Morgan fingerprint density at radius 3 is 0.921 bits per heavy atom. The molecule has 0 rings (SSSR count). The third-order valence-corrected chi connectivity index (χ3v) is 16.5. The molecule has 10 heteroatoms. The zero-order chi connectivity index (χ0) is 64.4. The second kappa shape index (κ2) is 73.2. The van der Waals surface area contributed by atoms with E-state index in [4.69, 9.17) is 24.3 Å². The summed E-state index contributed by atoms with van der Waals surface area (Å²) >= 11 is 0. The minimum absolute atomic E-state index is 0.0492. The van der Waals surface area contributed by atoms with Gasteiger partial charge in [-0.25, -0.2) is 4.57 Å². The average molecular weight is 1260 g/mol. The van der Waals surface area contributed by atoms with Crippen molar-refractivity contribution in [1.82, 2.24) is 0 Å². The van der Waals surface area contributed by atoms with Gasteiger partial charge in [-0.05, 0) is 116 Å². The van der Waals surface area contributed by atoms with Crippen molar-refractivity contribution in [2.24, 2.45) is 5.73 Å². The van der Waals surface area contributed by atoms with Crippen LogP contribution in [0.2, 0.25) is 0 Å². The number of carbonyl (C=O) groups excluding carboxylic acids is 2.